The van der Waals surface area contributed by atoms with Crippen LogP contribution in [0.4, 0.5) is 22.7 Å². The van der Waals surface area contributed by atoms with Gasteiger partial charge in [0.05, 0.1) is 86.6 Å². The molecule has 0 fully saturated rings. The van der Waals surface area contributed by atoms with Crippen LogP contribution in [-0.4, -0.2) is 14.5 Å². The van der Waals surface area contributed by atoms with E-state index in [0.717, 1.165) is 88.0 Å². The van der Waals surface area contributed by atoms with Crippen molar-refractivity contribution >= 4 is 56.3 Å². The number of hydrogen-bond acceptors (Lipinski definition) is 7. The molecule has 1 aliphatic carbocycles. The van der Waals surface area contributed by atoms with E-state index in [9.17, 15) is 10.5 Å². The topological polar surface area (TPSA) is 95.1 Å². The van der Waals surface area contributed by atoms with E-state index in [0.29, 0.717) is 28.3 Å². The first-order valence-electron chi connectivity index (χ1n) is 19.0. The van der Waals surface area contributed by atoms with Gasteiger partial charge in [-0.25, -0.2) is 4.85 Å². The van der Waals surface area contributed by atoms with Gasteiger partial charge in [0.1, 0.15) is 5.75 Å². The van der Waals surface area contributed by atoms with Crippen molar-refractivity contribution in [2.45, 2.75) is 15.2 Å². The molecule has 3 aromatic heterocycles. The van der Waals surface area contributed by atoms with Gasteiger partial charge in [0, 0.05) is 38.4 Å². The van der Waals surface area contributed by atoms with Crippen LogP contribution in [0.5, 0.6) is 11.5 Å². The first-order chi connectivity index (χ1) is 29.1. The number of nitriles is 2. The number of anilines is 3. The second kappa shape index (κ2) is 12.2. The van der Waals surface area contributed by atoms with Crippen molar-refractivity contribution in [2.75, 3.05) is 4.90 Å². The molecule has 6 aromatic carbocycles. The number of aromatic nitrogens is 3. The molecule has 1 atom stereocenters. The summed E-state index contributed by atoms with van der Waals surface area (Å²) in [7, 11) is 0. The predicted octanol–water partition coefficient (Wildman–Crippen LogP) is 12.3. The van der Waals surface area contributed by atoms with E-state index in [4.69, 9.17) is 21.3 Å². The Hall–Kier alpha value is -8.16. The van der Waals surface area contributed by atoms with Gasteiger partial charge < -0.3 is 14.2 Å². The lowest BCUT2D eigenvalue weighted by Crippen LogP contribution is -2.33. The molecule has 272 valence electrons. The number of benzene rings is 6. The molecule has 5 heterocycles. The minimum Gasteiger partial charge on any atom is -0.454 e. The van der Waals surface area contributed by atoms with E-state index < -0.39 is 5.41 Å². The van der Waals surface area contributed by atoms with Gasteiger partial charge in [-0.15, -0.1) is 0 Å². The lowest BCUT2D eigenvalue weighted by atomic mass is 9.67. The Morgan fingerprint density at radius 2 is 1.36 bits per heavy atom. The van der Waals surface area contributed by atoms with Crippen molar-refractivity contribution < 1.29 is 4.74 Å². The van der Waals surface area contributed by atoms with Gasteiger partial charge in [-0.05, 0) is 89.5 Å². The van der Waals surface area contributed by atoms with Gasteiger partial charge in [-0.1, -0.05) is 72.4 Å². The molecule has 12 rings (SSSR count). The second-order valence-corrected chi connectivity index (χ2v) is 15.7. The molecule has 8 nitrogen and oxygen atoms in total. The highest BCUT2D eigenvalue weighted by Crippen LogP contribution is 2.64. The fourth-order valence-corrected chi connectivity index (χ4v) is 10.7. The maximum absolute atomic E-state index is 9.85. The van der Waals surface area contributed by atoms with Crippen LogP contribution in [0, 0.1) is 29.2 Å². The number of para-hydroxylation sites is 1. The van der Waals surface area contributed by atoms with E-state index in [2.05, 4.69) is 93.2 Å². The zero-order valence-electron chi connectivity index (χ0n) is 30.9. The van der Waals surface area contributed by atoms with E-state index >= 15 is 0 Å². The molecule has 1 spiro atoms. The van der Waals surface area contributed by atoms with Crippen molar-refractivity contribution in [3.05, 3.63) is 197 Å². The highest BCUT2D eigenvalue weighted by molar-refractivity contribution is 7.99. The second-order valence-electron chi connectivity index (χ2n) is 14.7. The number of ether oxygens (including phenoxy) is 1. The van der Waals surface area contributed by atoms with Gasteiger partial charge in [0.15, 0.2) is 11.4 Å². The average Bonchev–Trinajstić information content (AvgIpc) is 3.77. The summed E-state index contributed by atoms with van der Waals surface area (Å²) >= 11 is 1.73. The minimum atomic E-state index is -0.807. The molecule has 9 heteroatoms. The van der Waals surface area contributed by atoms with Crippen molar-refractivity contribution in [2.24, 2.45) is 0 Å². The Morgan fingerprint density at radius 1 is 0.627 bits per heavy atom. The molecular weight excluding hydrogens is 747 g/mol. The largest absolute Gasteiger partial charge is 0.454 e. The lowest BCUT2D eigenvalue weighted by Gasteiger charge is -2.42. The van der Waals surface area contributed by atoms with Crippen molar-refractivity contribution in [3.8, 4) is 40.7 Å². The summed E-state index contributed by atoms with van der Waals surface area (Å²) in [6.45, 7) is 7.73. The monoisotopic (exact) mass is 771 g/mol. The van der Waals surface area contributed by atoms with Crippen LogP contribution >= 0.6 is 11.8 Å². The molecule has 0 radical (unpaired) electrons. The third kappa shape index (κ3) is 4.41. The van der Waals surface area contributed by atoms with Crippen molar-refractivity contribution in [1.82, 2.24) is 14.5 Å². The van der Waals surface area contributed by atoms with E-state index in [1.54, 1.807) is 23.9 Å². The summed E-state index contributed by atoms with van der Waals surface area (Å²) in [5.74, 6) is 1.08. The lowest BCUT2D eigenvalue weighted by molar-refractivity contribution is 0.477. The molecule has 3 aliphatic rings. The maximum atomic E-state index is 9.85. The van der Waals surface area contributed by atoms with E-state index in [-0.39, 0.29) is 0 Å². The number of fused-ring (bicyclic) bond motifs is 14. The molecule has 0 N–H and O–H groups in total. The Kier molecular flexibility index (Phi) is 6.81. The molecule has 0 amide bonds. The first kappa shape index (κ1) is 33.0. The summed E-state index contributed by atoms with van der Waals surface area (Å²) in [4.78, 5) is 18.4. The number of pyridine rings is 2. The smallest absolute Gasteiger partial charge is 0.191 e. The Labute approximate surface area is 342 Å². The van der Waals surface area contributed by atoms with Crippen molar-refractivity contribution in [1.29, 1.82) is 10.5 Å². The zero-order chi connectivity index (χ0) is 39.4. The molecule has 0 saturated carbocycles. The van der Waals surface area contributed by atoms with E-state index in [1.807, 2.05) is 73.1 Å². The van der Waals surface area contributed by atoms with Gasteiger partial charge >= 0.3 is 0 Å². The molecule has 2 aliphatic heterocycles. The first-order valence-corrected chi connectivity index (χ1v) is 19.8. The van der Waals surface area contributed by atoms with Gasteiger partial charge in [0.2, 0.25) is 0 Å². The standard InChI is InChI=1S/C50H25N7OS/c1-53-31-17-20-42-45(24-31)58-44-23-30(27-52)16-19-41(44)57(42)43-13-6-10-37-49(43)59-46-14-5-3-9-35(46)50(37)36-11-7-21-54-47(36)48-38(50)25-32(28-55-48)56-39-12-4-2-8-33(39)34-22-29(26-51)15-18-40(34)56/h2-25,28H. The quantitative estimate of drug-likeness (QED) is 0.161. The highest BCUT2D eigenvalue weighted by atomic mass is 32.2. The predicted molar refractivity (Wildman–Crippen MR) is 228 cm³/mol. The maximum Gasteiger partial charge on any atom is 0.191 e. The van der Waals surface area contributed by atoms with Gasteiger partial charge in [-0.3, -0.25) is 9.97 Å². The SMILES string of the molecule is [C-]#[N+]c1ccc2c(c1)Oc1cc(C#N)ccc1N2c1cccc2c1Sc1ccccc1C21c2cccnc2-c2ncc(-n3c4ccccc4c4cc(C#N)ccc43)cc21. The highest BCUT2D eigenvalue weighted by Gasteiger charge is 2.52. The van der Waals surface area contributed by atoms with Crippen LogP contribution in [0.25, 0.3) is 43.7 Å². The van der Waals surface area contributed by atoms with Gasteiger partial charge in [0.25, 0.3) is 0 Å². The fraction of sp³-hybridized carbons (Fsp3) is 0.0200. The number of nitrogens with zero attached hydrogens (tertiary/aromatic N) is 7. The normalized spacial score (nSPS) is 15.2. The number of hydrogen-bond donors (Lipinski definition) is 0. The minimum absolute atomic E-state index is 0.463. The summed E-state index contributed by atoms with van der Waals surface area (Å²) in [6, 6.07) is 51.3. The summed E-state index contributed by atoms with van der Waals surface area (Å²) < 4.78 is 8.69. The van der Waals surface area contributed by atoms with Crippen LogP contribution in [0.3, 0.4) is 0 Å². The average molecular weight is 772 g/mol. The molecular formula is C50H25N7OS. The van der Waals surface area contributed by atoms with Crippen molar-refractivity contribution in [3.63, 3.8) is 0 Å². The van der Waals surface area contributed by atoms with Crippen LogP contribution in [0.15, 0.2) is 162 Å². The summed E-state index contributed by atoms with van der Waals surface area (Å²) in [5.41, 5.74) is 12.2. The Balaban J connectivity index is 1.16. The summed E-state index contributed by atoms with van der Waals surface area (Å²) in [6.07, 6.45) is 3.78. The number of rotatable bonds is 2. The molecule has 1 unspecified atom stereocenters. The molecule has 9 aromatic rings. The van der Waals surface area contributed by atoms with Crippen LogP contribution in [0.2, 0.25) is 0 Å². The van der Waals surface area contributed by atoms with Crippen LogP contribution in [-0.2, 0) is 5.41 Å². The summed E-state index contributed by atoms with van der Waals surface area (Å²) in [5, 5.41) is 21.7. The molecule has 0 saturated heterocycles. The fourth-order valence-electron chi connectivity index (χ4n) is 9.41. The zero-order valence-corrected chi connectivity index (χ0v) is 31.7. The third-order valence-corrected chi connectivity index (χ3v) is 13.0. The van der Waals surface area contributed by atoms with E-state index in [1.165, 1.54) is 0 Å². The van der Waals surface area contributed by atoms with Gasteiger partial charge in [-0.2, -0.15) is 10.5 Å². The Bertz CT molecular complexity index is 3410. The molecule has 0 bridgehead atoms. The third-order valence-electron chi connectivity index (χ3n) is 11.8. The molecule has 59 heavy (non-hydrogen) atoms. The Morgan fingerprint density at radius 3 is 2.24 bits per heavy atom. The van der Waals surface area contributed by atoms with Crippen LogP contribution < -0.4 is 9.64 Å². The van der Waals surface area contributed by atoms with Crippen LogP contribution in [0.1, 0.15) is 33.4 Å².